The zero-order valence-electron chi connectivity index (χ0n) is 16.1. The summed E-state index contributed by atoms with van der Waals surface area (Å²) >= 11 is 0. The molecule has 0 bridgehead atoms. The number of nitriles is 1. The molecule has 7 nitrogen and oxygen atoms in total. The molecule has 0 aliphatic carbocycles. The van der Waals surface area contributed by atoms with Crippen LogP contribution in [0.4, 0.5) is 0 Å². The molecule has 7 heteroatoms. The first-order chi connectivity index (χ1) is 14.7. The van der Waals surface area contributed by atoms with Gasteiger partial charge in [-0.05, 0) is 24.3 Å². The van der Waals surface area contributed by atoms with E-state index in [0.717, 1.165) is 22.0 Å². The molecule has 0 aliphatic heterocycles. The number of aryl methyl sites for hydroxylation is 1. The lowest BCUT2D eigenvalue weighted by atomic mass is 10.1. The second kappa shape index (κ2) is 8.88. The normalized spacial score (nSPS) is 11.0. The molecule has 0 saturated carbocycles. The number of hydrogen-bond acceptors (Lipinski definition) is 6. The summed E-state index contributed by atoms with van der Waals surface area (Å²) in [4.78, 5) is 12.1. The molecule has 0 fully saturated rings. The molecule has 0 radical (unpaired) electrons. The number of benzene rings is 2. The molecule has 2 aromatic carbocycles. The highest BCUT2D eigenvalue weighted by Crippen LogP contribution is 2.23. The van der Waals surface area contributed by atoms with Crippen LogP contribution in [0, 0.1) is 11.3 Å². The van der Waals surface area contributed by atoms with Gasteiger partial charge in [-0.1, -0.05) is 36.4 Å². The van der Waals surface area contributed by atoms with E-state index >= 15 is 0 Å². The van der Waals surface area contributed by atoms with Crippen molar-refractivity contribution in [2.24, 2.45) is 0 Å². The van der Waals surface area contributed by atoms with Gasteiger partial charge in [-0.2, -0.15) is 5.26 Å². The zero-order chi connectivity index (χ0) is 20.8. The molecule has 0 aliphatic rings. The van der Waals surface area contributed by atoms with Crippen LogP contribution in [0.3, 0.4) is 0 Å². The Morgan fingerprint density at radius 3 is 2.77 bits per heavy atom. The lowest BCUT2D eigenvalue weighted by Crippen LogP contribution is -2.00. The van der Waals surface area contributed by atoms with Gasteiger partial charge in [0, 0.05) is 40.8 Å². The first-order valence-corrected chi connectivity index (χ1v) is 9.42. The third kappa shape index (κ3) is 4.28. The number of ether oxygens (including phenoxy) is 1. The minimum atomic E-state index is -0.511. The van der Waals surface area contributed by atoms with Gasteiger partial charge in [-0.15, -0.1) is 10.2 Å². The third-order valence-corrected chi connectivity index (χ3v) is 4.51. The maximum atomic E-state index is 12.1. The van der Waals surface area contributed by atoms with E-state index in [-0.39, 0.29) is 12.5 Å². The van der Waals surface area contributed by atoms with Crippen molar-refractivity contribution in [3.05, 3.63) is 78.3 Å². The van der Waals surface area contributed by atoms with Crippen molar-refractivity contribution in [1.29, 1.82) is 5.26 Å². The van der Waals surface area contributed by atoms with Gasteiger partial charge in [0.1, 0.15) is 0 Å². The van der Waals surface area contributed by atoms with E-state index in [4.69, 9.17) is 14.4 Å². The van der Waals surface area contributed by atoms with Crippen molar-refractivity contribution >= 4 is 22.9 Å². The van der Waals surface area contributed by atoms with E-state index < -0.39 is 5.97 Å². The lowest BCUT2D eigenvalue weighted by Gasteiger charge is -2.00. The van der Waals surface area contributed by atoms with Crippen LogP contribution in [0.1, 0.15) is 17.9 Å². The van der Waals surface area contributed by atoms with Crippen molar-refractivity contribution in [3.8, 4) is 17.5 Å². The second-order valence-corrected chi connectivity index (χ2v) is 6.51. The van der Waals surface area contributed by atoms with Gasteiger partial charge in [0.05, 0.1) is 12.5 Å². The number of carbonyl (C=O) groups is 1. The average molecular weight is 398 g/mol. The van der Waals surface area contributed by atoms with Gasteiger partial charge in [-0.25, -0.2) is 4.79 Å². The van der Waals surface area contributed by atoms with Crippen molar-refractivity contribution in [2.75, 3.05) is 0 Å². The number of hydrogen-bond donors (Lipinski definition) is 0. The fourth-order valence-corrected chi connectivity index (χ4v) is 3.11. The van der Waals surface area contributed by atoms with Crippen LogP contribution in [0.25, 0.3) is 28.4 Å². The van der Waals surface area contributed by atoms with Crippen LogP contribution in [-0.4, -0.2) is 20.7 Å². The fraction of sp³-hybridized carbons (Fsp3) is 0.130. The van der Waals surface area contributed by atoms with E-state index in [9.17, 15) is 4.79 Å². The summed E-state index contributed by atoms with van der Waals surface area (Å²) in [5.74, 6) is 0.0920. The van der Waals surface area contributed by atoms with Crippen molar-refractivity contribution in [2.45, 2.75) is 19.6 Å². The van der Waals surface area contributed by atoms with E-state index in [2.05, 4.69) is 16.3 Å². The number of esters is 1. The second-order valence-electron chi connectivity index (χ2n) is 6.51. The molecule has 30 heavy (non-hydrogen) atoms. The predicted molar refractivity (Wildman–Crippen MR) is 111 cm³/mol. The quantitative estimate of drug-likeness (QED) is 0.339. The Morgan fingerprint density at radius 2 is 1.93 bits per heavy atom. The Hall–Kier alpha value is -4.18. The Labute approximate surface area is 172 Å². The highest BCUT2D eigenvalue weighted by atomic mass is 16.5. The third-order valence-electron chi connectivity index (χ3n) is 4.51. The van der Waals surface area contributed by atoms with Gasteiger partial charge >= 0.3 is 5.97 Å². The van der Waals surface area contributed by atoms with Crippen molar-refractivity contribution in [3.63, 3.8) is 0 Å². The van der Waals surface area contributed by atoms with Crippen LogP contribution in [0.2, 0.25) is 0 Å². The summed E-state index contributed by atoms with van der Waals surface area (Å²) in [6.07, 6.45) is 5.41. The molecule has 0 atom stereocenters. The Balaban J connectivity index is 1.41. The number of aromatic nitrogens is 3. The Kier molecular flexibility index (Phi) is 5.67. The van der Waals surface area contributed by atoms with Gasteiger partial charge in [0.2, 0.25) is 5.89 Å². The first kappa shape index (κ1) is 19.2. The minimum absolute atomic E-state index is 0.104. The topological polar surface area (TPSA) is 93.9 Å². The predicted octanol–water partition coefficient (Wildman–Crippen LogP) is 4.36. The zero-order valence-corrected chi connectivity index (χ0v) is 16.1. The van der Waals surface area contributed by atoms with Gasteiger partial charge in [0.15, 0.2) is 6.61 Å². The smallest absolute Gasteiger partial charge is 0.331 e. The summed E-state index contributed by atoms with van der Waals surface area (Å²) in [6, 6.07) is 19.4. The van der Waals surface area contributed by atoms with Gasteiger partial charge in [0.25, 0.3) is 5.89 Å². The molecule has 2 aromatic heterocycles. The van der Waals surface area contributed by atoms with Crippen LogP contribution < -0.4 is 0 Å². The summed E-state index contributed by atoms with van der Waals surface area (Å²) in [6.45, 7) is 0.489. The van der Waals surface area contributed by atoms with E-state index in [1.54, 1.807) is 6.08 Å². The Bertz CT molecular complexity index is 1230. The summed E-state index contributed by atoms with van der Waals surface area (Å²) < 4.78 is 12.7. The van der Waals surface area contributed by atoms with E-state index in [1.165, 1.54) is 6.08 Å². The molecule has 2 heterocycles. The number of rotatable bonds is 7. The standard InChI is InChI=1S/C23H18N4O3/c24-13-6-14-27-15-18(19-9-4-5-10-20(19)27)11-12-22(28)29-16-21-25-26-23(30-21)17-7-2-1-3-8-17/h1-5,7-12,15H,6,14,16H2/b12-11+. The first-order valence-electron chi connectivity index (χ1n) is 9.42. The summed E-state index contributed by atoms with van der Waals surface area (Å²) in [7, 11) is 0. The largest absolute Gasteiger partial charge is 0.452 e. The number of fused-ring (bicyclic) bond motifs is 1. The summed E-state index contributed by atoms with van der Waals surface area (Å²) in [5.41, 5.74) is 2.69. The molecular formula is C23H18N4O3. The SMILES string of the molecule is N#CCCn1cc(/C=C/C(=O)OCc2nnc(-c3ccccc3)o2)c2ccccc21. The molecule has 0 N–H and O–H groups in total. The highest BCUT2D eigenvalue weighted by molar-refractivity contribution is 5.94. The molecule has 0 saturated heterocycles. The van der Waals surface area contributed by atoms with Crippen LogP contribution in [-0.2, 0) is 22.7 Å². The summed E-state index contributed by atoms with van der Waals surface area (Å²) in [5, 5.41) is 17.7. The van der Waals surface area contributed by atoms with Gasteiger partial charge in [-0.3, -0.25) is 0 Å². The van der Waals surface area contributed by atoms with Crippen LogP contribution in [0.5, 0.6) is 0 Å². The monoisotopic (exact) mass is 398 g/mol. The number of para-hydroxylation sites is 1. The van der Waals surface area contributed by atoms with Gasteiger partial charge < -0.3 is 13.7 Å². The molecule has 148 valence electrons. The molecule has 4 rings (SSSR count). The molecule has 4 aromatic rings. The molecule has 0 spiro atoms. The molecular weight excluding hydrogens is 380 g/mol. The van der Waals surface area contributed by atoms with Crippen LogP contribution >= 0.6 is 0 Å². The van der Waals surface area contributed by atoms with Crippen molar-refractivity contribution < 1.29 is 13.9 Å². The van der Waals surface area contributed by atoms with Crippen molar-refractivity contribution in [1.82, 2.24) is 14.8 Å². The van der Waals surface area contributed by atoms with E-state index in [0.29, 0.717) is 18.9 Å². The molecule has 0 amide bonds. The number of nitrogens with zero attached hydrogens (tertiary/aromatic N) is 4. The lowest BCUT2D eigenvalue weighted by molar-refractivity contribution is -0.139. The van der Waals surface area contributed by atoms with E-state index in [1.807, 2.05) is 65.4 Å². The fourth-order valence-electron chi connectivity index (χ4n) is 3.11. The van der Waals surface area contributed by atoms with Crippen LogP contribution in [0.15, 0.2) is 71.3 Å². The number of carbonyl (C=O) groups excluding carboxylic acids is 1. The maximum Gasteiger partial charge on any atom is 0.331 e. The average Bonchev–Trinajstić information content (AvgIpc) is 3.40. The minimum Gasteiger partial charge on any atom is -0.452 e. The maximum absolute atomic E-state index is 12.1. The Morgan fingerprint density at radius 1 is 1.13 bits per heavy atom. The molecule has 0 unspecified atom stereocenters. The highest BCUT2D eigenvalue weighted by Gasteiger charge is 2.10.